The number of carbonyl (C=O) groups excluding carboxylic acids is 1. The van der Waals surface area contributed by atoms with E-state index < -0.39 is 12.2 Å². The quantitative estimate of drug-likeness (QED) is 0.150. The van der Waals surface area contributed by atoms with Gasteiger partial charge in [0.05, 0.1) is 23.4 Å². The third kappa shape index (κ3) is 6.75. The summed E-state index contributed by atoms with van der Waals surface area (Å²) in [7, 11) is 0. The Morgan fingerprint density at radius 2 is 1.69 bits per heavy atom. The Kier molecular flexibility index (Phi) is 9.41. The third-order valence-corrected chi connectivity index (χ3v) is 10.7. The van der Waals surface area contributed by atoms with Gasteiger partial charge in [0.15, 0.2) is 17.3 Å². The second-order valence-corrected chi connectivity index (χ2v) is 14.2. The smallest absolute Gasteiger partial charge is 0.297 e. The van der Waals surface area contributed by atoms with Gasteiger partial charge in [-0.15, -0.1) is 0 Å². The van der Waals surface area contributed by atoms with E-state index in [4.69, 9.17) is 5.10 Å². The predicted molar refractivity (Wildman–Crippen MR) is 196 cm³/mol. The van der Waals surface area contributed by atoms with Crippen LogP contribution in [0.5, 0.6) is 0 Å². The van der Waals surface area contributed by atoms with Gasteiger partial charge in [0.2, 0.25) is 0 Å². The maximum atomic E-state index is 14.0. The molecule has 0 unspecified atom stereocenters. The summed E-state index contributed by atoms with van der Waals surface area (Å²) >= 11 is 0. The minimum atomic E-state index is -2.87. The van der Waals surface area contributed by atoms with Crippen LogP contribution in [-0.4, -0.2) is 77.8 Å². The summed E-state index contributed by atoms with van der Waals surface area (Å²) in [5.74, 6) is -0.631. The van der Waals surface area contributed by atoms with Crippen LogP contribution in [0.1, 0.15) is 83.3 Å². The molecule has 2 atom stereocenters. The van der Waals surface area contributed by atoms with E-state index in [9.17, 15) is 18.7 Å². The van der Waals surface area contributed by atoms with E-state index in [1.54, 1.807) is 12.3 Å². The molecule has 2 aromatic carbocycles. The first-order valence-corrected chi connectivity index (χ1v) is 18.2. The van der Waals surface area contributed by atoms with Crippen LogP contribution in [0, 0.1) is 13.8 Å². The van der Waals surface area contributed by atoms with Gasteiger partial charge in [-0.1, -0.05) is 24.3 Å². The number of hydrogen-bond acceptors (Lipinski definition) is 9. The van der Waals surface area contributed by atoms with Crippen molar-refractivity contribution in [2.45, 2.75) is 77.6 Å². The Bertz CT molecular complexity index is 2130. The van der Waals surface area contributed by atoms with E-state index in [0.29, 0.717) is 53.7 Å². The number of nitrogens with one attached hydrogen (secondary N) is 2. The molecular weight excluding hydrogens is 664 g/mol. The summed E-state index contributed by atoms with van der Waals surface area (Å²) in [5.41, 5.74) is 8.05. The maximum Gasteiger partial charge on any atom is 0.297 e. The van der Waals surface area contributed by atoms with Gasteiger partial charge in [-0.3, -0.25) is 24.3 Å². The standard InChI is InChI=1S/C39H43F2N9O2/c1-23-27(28-9-6-11-30(24(28)2)45-39(52)32-19-34-33(49-14-3-4-15-49)12-7-16-50(34)47-32)8-5-10-29(23)43-37-35-31(44-38(46-37)36(40)41)18-25(20-42-35)21-48-17-13-26(51)22-48/h5-6,8-11,18-20,26,33,36,51H,3-4,7,12-17,21-22H2,1-2H3,(H,45,52)(H,43,44,46)/t26-,33-/m1/s1. The fraction of sp³-hybridized carbons (Fsp3) is 0.410. The fourth-order valence-electron chi connectivity index (χ4n) is 8.00. The summed E-state index contributed by atoms with van der Waals surface area (Å²) < 4.78 is 30.1. The lowest BCUT2D eigenvalue weighted by atomic mass is 9.94. The number of rotatable bonds is 9. The number of aryl methyl sites for hydroxylation is 1. The number of likely N-dealkylation sites (tertiary alicyclic amines) is 2. The van der Waals surface area contributed by atoms with Gasteiger partial charge < -0.3 is 15.7 Å². The minimum absolute atomic E-state index is 0.191. The number of β-amino-alcohol motifs (C(OH)–C–C–N with tert-alkyl or cyclic N) is 1. The van der Waals surface area contributed by atoms with Crippen LogP contribution in [0.2, 0.25) is 0 Å². The maximum absolute atomic E-state index is 14.0. The Morgan fingerprint density at radius 3 is 2.42 bits per heavy atom. The number of halogens is 2. The highest BCUT2D eigenvalue weighted by Crippen LogP contribution is 2.37. The van der Waals surface area contributed by atoms with Crippen LogP contribution in [-0.2, 0) is 13.1 Å². The first-order chi connectivity index (χ1) is 25.2. The zero-order chi connectivity index (χ0) is 35.9. The number of alkyl halides is 2. The molecule has 0 aliphatic carbocycles. The van der Waals surface area contributed by atoms with Crippen molar-refractivity contribution in [1.29, 1.82) is 0 Å². The topological polar surface area (TPSA) is 124 Å². The number of nitrogens with zero attached hydrogens (tertiary/aromatic N) is 7. The monoisotopic (exact) mass is 707 g/mol. The van der Waals surface area contributed by atoms with Gasteiger partial charge in [-0.2, -0.15) is 5.10 Å². The molecule has 270 valence electrons. The van der Waals surface area contributed by atoms with Crippen molar-refractivity contribution in [3.05, 3.63) is 88.6 Å². The van der Waals surface area contributed by atoms with Crippen LogP contribution < -0.4 is 10.6 Å². The van der Waals surface area contributed by atoms with E-state index in [1.165, 1.54) is 12.8 Å². The molecule has 3 aromatic heterocycles. The van der Waals surface area contributed by atoms with Crippen molar-refractivity contribution < 1.29 is 18.7 Å². The van der Waals surface area contributed by atoms with Gasteiger partial charge in [0, 0.05) is 43.8 Å². The second-order valence-electron chi connectivity index (χ2n) is 14.2. The molecule has 3 aliphatic heterocycles. The summed E-state index contributed by atoms with van der Waals surface area (Å²) in [6.45, 7) is 8.80. The number of anilines is 3. The van der Waals surface area contributed by atoms with Crippen LogP contribution in [0.25, 0.3) is 22.2 Å². The van der Waals surface area contributed by atoms with E-state index in [2.05, 4.69) is 35.4 Å². The number of fused-ring (bicyclic) bond motifs is 2. The molecule has 6 heterocycles. The number of hydrogen-bond donors (Lipinski definition) is 3. The normalized spacial score (nSPS) is 19.4. The number of aliphatic hydroxyl groups excluding tert-OH is 1. The molecule has 3 N–H and O–H groups in total. The highest BCUT2D eigenvalue weighted by molar-refractivity contribution is 6.04. The lowest BCUT2D eigenvalue weighted by Crippen LogP contribution is -2.30. The molecule has 0 radical (unpaired) electrons. The summed E-state index contributed by atoms with van der Waals surface area (Å²) in [6, 6.07) is 15.6. The van der Waals surface area contributed by atoms with Crippen molar-refractivity contribution >= 4 is 34.1 Å². The number of carbonyl (C=O) groups is 1. The van der Waals surface area contributed by atoms with E-state index in [0.717, 1.165) is 72.5 Å². The zero-order valence-corrected chi connectivity index (χ0v) is 29.4. The molecule has 0 saturated carbocycles. The number of aromatic nitrogens is 5. The predicted octanol–water partition coefficient (Wildman–Crippen LogP) is 6.94. The average molecular weight is 708 g/mol. The van der Waals surface area contributed by atoms with Crippen LogP contribution in [0.15, 0.2) is 54.7 Å². The molecule has 5 aromatic rings. The first kappa shape index (κ1) is 34.2. The minimum Gasteiger partial charge on any atom is -0.392 e. The molecule has 8 rings (SSSR count). The van der Waals surface area contributed by atoms with E-state index in [1.807, 2.05) is 61.0 Å². The van der Waals surface area contributed by atoms with Gasteiger partial charge in [0.25, 0.3) is 12.3 Å². The van der Waals surface area contributed by atoms with Crippen molar-refractivity contribution in [1.82, 2.24) is 34.5 Å². The van der Waals surface area contributed by atoms with Crippen LogP contribution in [0.3, 0.4) is 0 Å². The van der Waals surface area contributed by atoms with Gasteiger partial charge in [0.1, 0.15) is 5.52 Å². The first-order valence-electron chi connectivity index (χ1n) is 18.2. The average Bonchev–Trinajstić information content (AvgIpc) is 3.92. The van der Waals surface area contributed by atoms with Crippen molar-refractivity contribution in [2.24, 2.45) is 0 Å². The lowest BCUT2D eigenvalue weighted by molar-refractivity contribution is 0.102. The SMILES string of the molecule is Cc1c(NC(=O)c2cc3n(n2)CCC[C@H]3N2CCCC2)cccc1-c1cccc(Nc2nc(C(F)F)nc3cc(CN4CC[C@@H](O)C4)cnc23)c1C. The molecule has 1 amide bonds. The Balaban J connectivity index is 1.05. The largest absolute Gasteiger partial charge is 0.392 e. The molecule has 3 aliphatic rings. The molecular formula is C39H43F2N9O2. The van der Waals surface area contributed by atoms with Crippen molar-refractivity contribution in [3.63, 3.8) is 0 Å². The summed E-state index contributed by atoms with van der Waals surface area (Å²) in [6.07, 6.45) is 3.76. The fourth-order valence-corrected chi connectivity index (χ4v) is 8.00. The third-order valence-electron chi connectivity index (χ3n) is 10.7. The Labute approximate surface area is 301 Å². The number of aliphatic hydroxyl groups is 1. The van der Waals surface area contributed by atoms with Gasteiger partial charge in [-0.05, 0) is 111 Å². The van der Waals surface area contributed by atoms with E-state index in [-0.39, 0.29) is 17.8 Å². The Hall–Kier alpha value is -4.85. The molecule has 13 heteroatoms. The highest BCUT2D eigenvalue weighted by atomic mass is 19.3. The molecule has 11 nitrogen and oxygen atoms in total. The molecule has 52 heavy (non-hydrogen) atoms. The number of amides is 1. The molecule has 2 saturated heterocycles. The zero-order valence-electron chi connectivity index (χ0n) is 29.4. The molecule has 0 bridgehead atoms. The van der Waals surface area contributed by atoms with Gasteiger partial charge in [-0.25, -0.2) is 18.7 Å². The Morgan fingerprint density at radius 1 is 0.942 bits per heavy atom. The summed E-state index contributed by atoms with van der Waals surface area (Å²) in [4.78, 5) is 31.2. The van der Waals surface area contributed by atoms with Crippen LogP contribution >= 0.6 is 0 Å². The van der Waals surface area contributed by atoms with E-state index >= 15 is 0 Å². The number of benzene rings is 2. The molecule has 2 fully saturated rings. The number of pyridine rings is 1. The second kappa shape index (κ2) is 14.3. The lowest BCUT2D eigenvalue weighted by Gasteiger charge is -2.31. The highest BCUT2D eigenvalue weighted by Gasteiger charge is 2.31. The van der Waals surface area contributed by atoms with Crippen LogP contribution in [0.4, 0.5) is 26.0 Å². The van der Waals surface area contributed by atoms with Crippen molar-refractivity contribution in [3.8, 4) is 11.1 Å². The summed E-state index contributed by atoms with van der Waals surface area (Å²) in [5, 5.41) is 21.0. The van der Waals surface area contributed by atoms with Gasteiger partial charge >= 0.3 is 0 Å². The van der Waals surface area contributed by atoms with Crippen molar-refractivity contribution in [2.75, 3.05) is 36.8 Å². The molecule has 0 spiro atoms.